The van der Waals surface area contributed by atoms with Gasteiger partial charge in [0.2, 0.25) is 0 Å². The first kappa shape index (κ1) is 28.1. The standard InChI is InChI=1S/C27H29F3N4O5/c1-17(36)39-16-26(37)31-5-7-33-25-4-6-32(12-18-8-22(29)11-23(30)9-18)14-24(25)27(38)34(33)13-19-2-3-21(28)10-20(19)15-35/h2-3,8-11,35H,4-7,12-16H2,1H3,(H,31,37). The number of halogens is 3. The topological polar surface area (TPSA) is 106 Å². The Morgan fingerprint density at radius 3 is 2.44 bits per heavy atom. The first-order valence-electron chi connectivity index (χ1n) is 12.4. The zero-order valence-electron chi connectivity index (χ0n) is 21.4. The van der Waals surface area contributed by atoms with E-state index < -0.39 is 42.5 Å². The summed E-state index contributed by atoms with van der Waals surface area (Å²) in [5, 5.41) is 12.4. The smallest absolute Gasteiger partial charge is 0.303 e. The van der Waals surface area contributed by atoms with E-state index in [4.69, 9.17) is 4.74 Å². The number of aliphatic hydroxyl groups is 1. The van der Waals surface area contributed by atoms with Crippen LogP contribution >= 0.6 is 0 Å². The van der Waals surface area contributed by atoms with Gasteiger partial charge in [0.15, 0.2) is 6.61 Å². The van der Waals surface area contributed by atoms with Gasteiger partial charge in [-0.05, 0) is 41.0 Å². The summed E-state index contributed by atoms with van der Waals surface area (Å²) in [5.74, 6) is -2.93. The number of fused-ring (bicyclic) bond motifs is 1. The first-order chi connectivity index (χ1) is 18.6. The molecule has 0 saturated heterocycles. The van der Waals surface area contributed by atoms with Gasteiger partial charge in [-0.3, -0.25) is 24.0 Å². The van der Waals surface area contributed by atoms with Crippen molar-refractivity contribution in [2.24, 2.45) is 0 Å². The maximum atomic E-state index is 13.7. The van der Waals surface area contributed by atoms with Crippen molar-refractivity contribution >= 4 is 11.9 Å². The fourth-order valence-electron chi connectivity index (χ4n) is 4.78. The van der Waals surface area contributed by atoms with Gasteiger partial charge in [-0.15, -0.1) is 0 Å². The Balaban J connectivity index is 1.60. The van der Waals surface area contributed by atoms with Crippen molar-refractivity contribution in [3.05, 3.63) is 92.2 Å². The van der Waals surface area contributed by atoms with Crippen LogP contribution < -0.4 is 10.9 Å². The van der Waals surface area contributed by atoms with Crippen LogP contribution in [0.4, 0.5) is 13.2 Å². The number of ether oxygens (including phenoxy) is 1. The second-order valence-corrected chi connectivity index (χ2v) is 9.35. The molecule has 0 aliphatic carbocycles. The highest BCUT2D eigenvalue weighted by Gasteiger charge is 2.27. The number of esters is 1. The van der Waals surface area contributed by atoms with Gasteiger partial charge in [0, 0.05) is 51.3 Å². The van der Waals surface area contributed by atoms with Gasteiger partial charge < -0.3 is 15.2 Å². The van der Waals surface area contributed by atoms with E-state index >= 15 is 0 Å². The average Bonchev–Trinajstić information content (AvgIpc) is 3.13. The Morgan fingerprint density at radius 2 is 1.74 bits per heavy atom. The highest BCUT2D eigenvalue weighted by atomic mass is 19.1. The maximum Gasteiger partial charge on any atom is 0.303 e. The molecular formula is C27H29F3N4O5. The molecule has 2 heterocycles. The molecule has 0 atom stereocenters. The molecule has 0 spiro atoms. The van der Waals surface area contributed by atoms with Crippen molar-refractivity contribution in [2.45, 2.75) is 46.1 Å². The summed E-state index contributed by atoms with van der Waals surface area (Å²) in [5.41, 5.74) is 2.32. The molecule has 39 heavy (non-hydrogen) atoms. The van der Waals surface area contributed by atoms with Crippen LogP contribution in [0.15, 0.2) is 41.2 Å². The maximum absolute atomic E-state index is 13.7. The van der Waals surface area contributed by atoms with Gasteiger partial charge in [-0.1, -0.05) is 6.07 Å². The van der Waals surface area contributed by atoms with Crippen molar-refractivity contribution in [1.29, 1.82) is 0 Å². The van der Waals surface area contributed by atoms with Crippen molar-refractivity contribution in [3.63, 3.8) is 0 Å². The van der Waals surface area contributed by atoms with Gasteiger partial charge in [-0.2, -0.15) is 0 Å². The molecular weight excluding hydrogens is 517 g/mol. The van der Waals surface area contributed by atoms with E-state index in [9.17, 15) is 32.7 Å². The molecule has 1 aliphatic heterocycles. The number of carbonyl (C=O) groups is 2. The quantitative estimate of drug-likeness (QED) is 0.376. The van der Waals surface area contributed by atoms with E-state index in [1.54, 1.807) is 4.68 Å². The van der Waals surface area contributed by atoms with E-state index in [-0.39, 0.29) is 38.3 Å². The first-order valence-corrected chi connectivity index (χ1v) is 12.4. The van der Waals surface area contributed by atoms with E-state index in [1.165, 1.54) is 41.9 Å². The lowest BCUT2D eigenvalue weighted by Crippen LogP contribution is -2.34. The number of amides is 1. The van der Waals surface area contributed by atoms with Crippen LogP contribution in [-0.2, 0) is 53.5 Å². The third-order valence-corrected chi connectivity index (χ3v) is 6.53. The molecule has 1 amide bonds. The van der Waals surface area contributed by atoms with Crippen LogP contribution in [0, 0.1) is 17.5 Å². The summed E-state index contributed by atoms with van der Waals surface area (Å²) in [6.07, 6.45) is 0.465. The number of hydrogen-bond acceptors (Lipinski definition) is 6. The highest BCUT2D eigenvalue weighted by molar-refractivity contribution is 5.79. The number of aromatic nitrogens is 2. The normalized spacial score (nSPS) is 13.3. The molecule has 0 bridgehead atoms. The Bertz CT molecular complexity index is 1420. The predicted molar refractivity (Wildman–Crippen MR) is 134 cm³/mol. The summed E-state index contributed by atoms with van der Waals surface area (Å²) in [6, 6.07) is 7.29. The van der Waals surface area contributed by atoms with E-state index in [0.29, 0.717) is 35.2 Å². The van der Waals surface area contributed by atoms with Gasteiger partial charge in [-0.25, -0.2) is 17.9 Å². The minimum Gasteiger partial charge on any atom is -0.456 e. The monoisotopic (exact) mass is 546 g/mol. The number of benzene rings is 2. The van der Waals surface area contributed by atoms with Crippen molar-refractivity contribution in [2.75, 3.05) is 19.7 Å². The van der Waals surface area contributed by atoms with E-state index in [1.807, 2.05) is 4.90 Å². The molecule has 4 rings (SSSR count). The Kier molecular flexibility index (Phi) is 8.87. The van der Waals surface area contributed by atoms with Crippen molar-refractivity contribution in [3.8, 4) is 0 Å². The number of aliphatic hydroxyl groups excluding tert-OH is 1. The Labute approximate surface area is 222 Å². The number of carbonyl (C=O) groups excluding carboxylic acids is 2. The van der Waals surface area contributed by atoms with E-state index in [0.717, 1.165) is 11.8 Å². The molecule has 0 radical (unpaired) electrons. The lowest BCUT2D eigenvalue weighted by atomic mass is 10.1. The number of nitrogens with zero attached hydrogens (tertiary/aromatic N) is 3. The second-order valence-electron chi connectivity index (χ2n) is 9.35. The summed E-state index contributed by atoms with van der Waals surface area (Å²) in [4.78, 5) is 38.5. The van der Waals surface area contributed by atoms with Crippen LogP contribution in [0.3, 0.4) is 0 Å². The molecule has 1 aliphatic rings. The largest absolute Gasteiger partial charge is 0.456 e. The van der Waals surface area contributed by atoms with Crippen molar-refractivity contribution < 1.29 is 32.6 Å². The zero-order chi connectivity index (χ0) is 28.1. The summed E-state index contributed by atoms with van der Waals surface area (Å²) in [7, 11) is 0. The lowest BCUT2D eigenvalue weighted by Gasteiger charge is -2.27. The molecule has 0 fully saturated rings. The number of rotatable bonds is 10. The number of hydrogen-bond donors (Lipinski definition) is 2. The molecule has 0 unspecified atom stereocenters. The third kappa shape index (κ3) is 6.95. The zero-order valence-corrected chi connectivity index (χ0v) is 21.4. The van der Waals surface area contributed by atoms with Gasteiger partial charge >= 0.3 is 5.97 Å². The van der Waals surface area contributed by atoms with Crippen LogP contribution in [0.25, 0.3) is 0 Å². The molecule has 2 aromatic carbocycles. The molecule has 1 aromatic heterocycles. The predicted octanol–water partition coefficient (Wildman–Crippen LogP) is 1.85. The van der Waals surface area contributed by atoms with Gasteiger partial charge in [0.25, 0.3) is 11.5 Å². The summed E-state index contributed by atoms with van der Waals surface area (Å²) >= 11 is 0. The Hall–Kier alpha value is -3.90. The third-order valence-electron chi connectivity index (χ3n) is 6.53. The SMILES string of the molecule is CC(=O)OCC(=O)NCCn1c2c(c(=O)n1Cc1ccc(F)cc1CO)CN(Cc1cc(F)cc(F)c1)CC2. The van der Waals surface area contributed by atoms with Crippen LogP contribution in [0.1, 0.15) is 34.9 Å². The van der Waals surface area contributed by atoms with Gasteiger partial charge in [0.1, 0.15) is 17.5 Å². The van der Waals surface area contributed by atoms with Gasteiger partial charge in [0.05, 0.1) is 25.3 Å². The summed E-state index contributed by atoms with van der Waals surface area (Å²) < 4.78 is 49.0. The highest BCUT2D eigenvalue weighted by Crippen LogP contribution is 2.21. The summed E-state index contributed by atoms with van der Waals surface area (Å²) in [6.45, 7) is 1.80. The van der Waals surface area contributed by atoms with Crippen molar-refractivity contribution in [1.82, 2.24) is 19.6 Å². The fourth-order valence-corrected chi connectivity index (χ4v) is 4.78. The second kappa shape index (κ2) is 12.3. The number of nitrogens with one attached hydrogen (secondary N) is 1. The lowest BCUT2D eigenvalue weighted by molar-refractivity contribution is -0.146. The molecule has 208 valence electrons. The molecule has 0 saturated carbocycles. The van der Waals surface area contributed by atoms with E-state index in [2.05, 4.69) is 5.32 Å². The minimum atomic E-state index is -0.675. The van der Waals surface area contributed by atoms with Crippen LogP contribution in [0.2, 0.25) is 0 Å². The molecule has 2 N–H and O–H groups in total. The molecule has 12 heteroatoms. The Morgan fingerprint density at radius 1 is 1.00 bits per heavy atom. The minimum absolute atomic E-state index is 0.0541. The average molecular weight is 547 g/mol. The fraction of sp³-hybridized carbons (Fsp3) is 0.370. The molecule has 9 nitrogen and oxygen atoms in total. The van der Waals surface area contributed by atoms with Crippen LogP contribution in [-0.4, -0.2) is 50.9 Å². The molecule has 3 aromatic rings. The van der Waals surface area contributed by atoms with Crippen LogP contribution in [0.5, 0.6) is 0 Å².